The van der Waals surface area contributed by atoms with Crippen LogP contribution in [0.25, 0.3) is 5.53 Å². The molecule has 1 amide bonds. The standard InChI is InChI=1S/C12H17N3O5/c13-14-6-9(16)3-4-10(12(18)19)15-11(17)8-2-1-5-20-7-8/h6,8,10H,1-5,7H2,(H,15,17)(H,18,19)/t8-,10+/m1/s1. The van der Waals surface area contributed by atoms with E-state index in [1.807, 2.05) is 0 Å². The summed E-state index contributed by atoms with van der Waals surface area (Å²) in [7, 11) is 0. The quantitative estimate of drug-likeness (QED) is 0.374. The van der Waals surface area contributed by atoms with Crippen LogP contribution in [-0.2, 0) is 19.1 Å². The van der Waals surface area contributed by atoms with Crippen LogP contribution in [0.3, 0.4) is 0 Å². The minimum atomic E-state index is -1.20. The molecule has 2 atom stereocenters. The molecule has 0 aromatic carbocycles. The highest BCUT2D eigenvalue weighted by molar-refractivity contribution is 6.25. The van der Waals surface area contributed by atoms with Crippen molar-refractivity contribution in [2.45, 2.75) is 31.7 Å². The van der Waals surface area contributed by atoms with E-state index < -0.39 is 17.8 Å². The summed E-state index contributed by atoms with van der Waals surface area (Å²) >= 11 is 0. The van der Waals surface area contributed by atoms with Gasteiger partial charge in [0.25, 0.3) is 0 Å². The first-order valence-electron chi connectivity index (χ1n) is 6.35. The molecule has 1 aliphatic rings. The lowest BCUT2D eigenvalue weighted by atomic mass is 10.0. The van der Waals surface area contributed by atoms with E-state index in [0.717, 1.165) is 6.42 Å². The summed E-state index contributed by atoms with van der Waals surface area (Å²) in [5.74, 6) is -2.43. The van der Waals surface area contributed by atoms with Crippen LogP contribution in [0, 0.1) is 5.92 Å². The molecule has 1 heterocycles. The van der Waals surface area contributed by atoms with Gasteiger partial charge in [-0.15, -0.1) is 0 Å². The topological polar surface area (TPSA) is 129 Å². The largest absolute Gasteiger partial charge is 0.480 e. The number of carbonyl (C=O) groups excluding carboxylic acids is 2. The van der Waals surface area contributed by atoms with Crippen LogP contribution in [0.1, 0.15) is 25.7 Å². The number of nitrogens with zero attached hydrogens (tertiary/aromatic N) is 2. The highest BCUT2D eigenvalue weighted by atomic mass is 16.5. The number of carboxylic acid groups (broad SMARTS) is 1. The van der Waals surface area contributed by atoms with Crippen LogP contribution in [0.4, 0.5) is 0 Å². The Morgan fingerprint density at radius 1 is 1.50 bits per heavy atom. The fourth-order valence-electron chi connectivity index (χ4n) is 1.91. The maximum absolute atomic E-state index is 11.9. The SMILES string of the molecule is [N-]=[N+]=CC(=O)CC[C@H](NC(=O)[C@@H]1CCCOC1)C(=O)O. The van der Waals surface area contributed by atoms with E-state index in [9.17, 15) is 14.4 Å². The zero-order valence-electron chi connectivity index (χ0n) is 10.9. The molecule has 0 unspecified atom stereocenters. The first-order valence-corrected chi connectivity index (χ1v) is 6.35. The van der Waals surface area contributed by atoms with Gasteiger partial charge in [0.05, 0.1) is 12.5 Å². The second kappa shape index (κ2) is 8.19. The molecule has 8 nitrogen and oxygen atoms in total. The molecule has 0 bridgehead atoms. The van der Waals surface area contributed by atoms with Gasteiger partial charge in [0.2, 0.25) is 11.7 Å². The van der Waals surface area contributed by atoms with E-state index in [1.165, 1.54) is 0 Å². The fraction of sp³-hybridized carbons (Fsp3) is 0.667. The highest BCUT2D eigenvalue weighted by Gasteiger charge is 2.27. The molecule has 20 heavy (non-hydrogen) atoms. The second-order valence-corrected chi connectivity index (χ2v) is 4.56. The van der Waals surface area contributed by atoms with E-state index in [-0.39, 0.29) is 31.3 Å². The molecule has 2 N–H and O–H groups in total. The van der Waals surface area contributed by atoms with Crippen molar-refractivity contribution in [3.8, 4) is 0 Å². The summed E-state index contributed by atoms with van der Waals surface area (Å²) < 4.78 is 5.17. The van der Waals surface area contributed by atoms with Crippen molar-refractivity contribution in [2.75, 3.05) is 13.2 Å². The number of ketones is 1. The van der Waals surface area contributed by atoms with Gasteiger partial charge in [0.1, 0.15) is 6.04 Å². The molecule has 0 aromatic heterocycles. The summed E-state index contributed by atoms with van der Waals surface area (Å²) in [6, 6.07) is -1.14. The molecule has 1 aliphatic heterocycles. The molecule has 1 rings (SSSR count). The monoisotopic (exact) mass is 283 g/mol. The Balaban J connectivity index is 2.49. The number of hydrogen-bond donors (Lipinski definition) is 2. The summed E-state index contributed by atoms with van der Waals surface area (Å²) in [5.41, 5.74) is 8.18. The lowest BCUT2D eigenvalue weighted by Gasteiger charge is -2.23. The third-order valence-corrected chi connectivity index (χ3v) is 3.03. The van der Waals surface area contributed by atoms with Crippen LogP contribution in [0.5, 0.6) is 0 Å². The maximum atomic E-state index is 11.9. The van der Waals surface area contributed by atoms with Gasteiger partial charge >= 0.3 is 12.2 Å². The van der Waals surface area contributed by atoms with Crippen molar-refractivity contribution in [3.63, 3.8) is 0 Å². The third-order valence-electron chi connectivity index (χ3n) is 3.03. The number of amides is 1. The Morgan fingerprint density at radius 3 is 2.80 bits per heavy atom. The van der Waals surface area contributed by atoms with Gasteiger partial charge in [0, 0.05) is 13.0 Å². The van der Waals surface area contributed by atoms with Gasteiger partial charge in [-0.1, -0.05) is 0 Å². The van der Waals surface area contributed by atoms with Gasteiger partial charge in [-0.25, -0.2) is 4.79 Å². The summed E-state index contributed by atoms with van der Waals surface area (Å²) in [4.78, 5) is 36.6. The van der Waals surface area contributed by atoms with Crippen LogP contribution in [0.2, 0.25) is 0 Å². The minimum Gasteiger partial charge on any atom is -0.480 e. The van der Waals surface area contributed by atoms with Crippen molar-refractivity contribution < 1.29 is 29.0 Å². The number of carboxylic acids is 1. The molecule has 1 fully saturated rings. The Morgan fingerprint density at radius 2 is 2.25 bits per heavy atom. The Labute approximate surface area is 115 Å². The van der Waals surface area contributed by atoms with E-state index in [0.29, 0.717) is 19.2 Å². The maximum Gasteiger partial charge on any atom is 0.326 e. The molecule has 0 saturated carbocycles. The second-order valence-electron chi connectivity index (χ2n) is 4.56. The average molecular weight is 283 g/mol. The molecular formula is C12H17N3O5. The van der Waals surface area contributed by atoms with Gasteiger partial charge in [0.15, 0.2) is 0 Å². The molecule has 1 saturated heterocycles. The van der Waals surface area contributed by atoms with Gasteiger partial charge in [-0.3, -0.25) is 9.59 Å². The Kier molecular flexibility index (Phi) is 6.55. The number of hydrogen-bond acceptors (Lipinski definition) is 4. The summed E-state index contributed by atoms with van der Waals surface area (Å²) in [5, 5.41) is 11.4. The zero-order chi connectivity index (χ0) is 15.0. The number of aliphatic carboxylic acids is 1. The molecule has 0 spiro atoms. The highest BCUT2D eigenvalue weighted by Crippen LogP contribution is 2.14. The van der Waals surface area contributed by atoms with Crippen molar-refractivity contribution >= 4 is 23.9 Å². The van der Waals surface area contributed by atoms with E-state index in [1.54, 1.807) is 0 Å². The van der Waals surface area contributed by atoms with Crippen LogP contribution < -0.4 is 5.32 Å². The molecule has 0 aliphatic carbocycles. The first-order chi connectivity index (χ1) is 9.54. The summed E-state index contributed by atoms with van der Waals surface area (Å²) in [6.45, 7) is 0.898. The van der Waals surface area contributed by atoms with Crippen molar-refractivity contribution in [1.82, 2.24) is 5.32 Å². The number of nitrogens with one attached hydrogen (secondary N) is 1. The van der Waals surface area contributed by atoms with Crippen molar-refractivity contribution in [3.05, 3.63) is 5.53 Å². The molecular weight excluding hydrogens is 266 g/mol. The van der Waals surface area contributed by atoms with Crippen LogP contribution in [0.15, 0.2) is 0 Å². The Bertz CT molecular complexity index is 425. The number of ether oxygens (including phenoxy) is 1. The van der Waals surface area contributed by atoms with E-state index in [4.69, 9.17) is 15.4 Å². The molecule has 8 heteroatoms. The first kappa shape index (κ1) is 16.0. The predicted octanol–water partition coefficient (Wildman–Crippen LogP) is -0.368. The van der Waals surface area contributed by atoms with Gasteiger partial charge in [-0.05, 0) is 19.3 Å². The van der Waals surface area contributed by atoms with Crippen LogP contribution in [-0.4, -0.2) is 53.0 Å². The third kappa shape index (κ3) is 5.29. The van der Waals surface area contributed by atoms with Crippen molar-refractivity contribution in [2.24, 2.45) is 5.92 Å². The zero-order valence-corrected chi connectivity index (χ0v) is 10.9. The van der Waals surface area contributed by atoms with Gasteiger partial charge < -0.3 is 20.7 Å². The summed E-state index contributed by atoms with van der Waals surface area (Å²) in [6.07, 6.45) is 1.95. The molecule has 110 valence electrons. The fourth-order valence-corrected chi connectivity index (χ4v) is 1.91. The molecule has 0 aromatic rings. The number of Topliss-reactive ketones (excluding diaryl/α,β-unsaturated/α-hetero) is 1. The lowest BCUT2D eigenvalue weighted by Crippen LogP contribution is -2.45. The van der Waals surface area contributed by atoms with Crippen molar-refractivity contribution in [1.29, 1.82) is 0 Å². The van der Waals surface area contributed by atoms with Crippen LogP contribution >= 0.6 is 0 Å². The molecule has 0 radical (unpaired) electrons. The average Bonchev–Trinajstić information content (AvgIpc) is 2.44. The normalized spacial score (nSPS) is 19.5. The Hall–Kier alpha value is -2.05. The van der Waals surface area contributed by atoms with E-state index >= 15 is 0 Å². The number of rotatable bonds is 7. The predicted molar refractivity (Wildman–Crippen MR) is 67.0 cm³/mol. The lowest BCUT2D eigenvalue weighted by molar-refractivity contribution is -0.143. The smallest absolute Gasteiger partial charge is 0.326 e. The minimum absolute atomic E-state index is 0.0560. The number of carbonyl (C=O) groups is 3. The van der Waals surface area contributed by atoms with Gasteiger partial charge in [-0.2, -0.15) is 4.79 Å². The van der Waals surface area contributed by atoms with E-state index in [2.05, 4.69) is 10.1 Å².